The van der Waals surface area contributed by atoms with E-state index in [1.165, 1.54) is 15.1 Å². The van der Waals surface area contributed by atoms with Gasteiger partial charge < -0.3 is 9.47 Å². The highest BCUT2D eigenvalue weighted by Crippen LogP contribution is 2.21. The van der Waals surface area contributed by atoms with E-state index in [9.17, 15) is 8.42 Å². The molecule has 0 aliphatic carbocycles. The first-order valence-corrected chi connectivity index (χ1v) is 11.3. The Kier molecular flexibility index (Phi) is 4.87. The van der Waals surface area contributed by atoms with Gasteiger partial charge in [0.2, 0.25) is 5.16 Å². The number of fused-ring (bicyclic) bond motifs is 1. The van der Waals surface area contributed by atoms with Crippen LogP contribution in [0.2, 0.25) is 0 Å². The van der Waals surface area contributed by atoms with Crippen LogP contribution in [0.4, 0.5) is 5.82 Å². The number of hydrogen-bond donors (Lipinski definition) is 0. The molecular weight excluding hydrogens is 418 g/mol. The van der Waals surface area contributed by atoms with Crippen molar-refractivity contribution in [1.82, 2.24) is 38.7 Å². The number of anilines is 1. The van der Waals surface area contributed by atoms with Crippen molar-refractivity contribution < 1.29 is 8.42 Å². The Bertz CT molecular complexity index is 1320. The van der Waals surface area contributed by atoms with Crippen molar-refractivity contribution in [3.8, 4) is 11.4 Å². The first-order valence-electron chi connectivity index (χ1n) is 9.89. The summed E-state index contributed by atoms with van der Waals surface area (Å²) in [5.41, 5.74) is 1.51. The lowest BCUT2D eigenvalue weighted by molar-refractivity contribution is 0.425. The predicted octanol–water partition coefficient (Wildman–Crippen LogP) is 0.821. The van der Waals surface area contributed by atoms with Gasteiger partial charge in [0.1, 0.15) is 5.82 Å². The van der Waals surface area contributed by atoms with Crippen LogP contribution in [0.1, 0.15) is 6.42 Å². The second-order valence-electron chi connectivity index (χ2n) is 7.29. The van der Waals surface area contributed by atoms with Crippen LogP contribution in [-0.4, -0.2) is 73.2 Å². The van der Waals surface area contributed by atoms with Crippen LogP contribution < -0.4 is 4.90 Å². The molecule has 1 fully saturated rings. The zero-order valence-corrected chi connectivity index (χ0v) is 17.7. The van der Waals surface area contributed by atoms with Crippen molar-refractivity contribution in [3.63, 3.8) is 0 Å². The topological polar surface area (TPSA) is 114 Å². The van der Waals surface area contributed by atoms with Crippen LogP contribution in [0.5, 0.6) is 0 Å². The number of rotatable bonds is 4. The van der Waals surface area contributed by atoms with Crippen molar-refractivity contribution in [2.24, 2.45) is 7.05 Å². The highest BCUT2D eigenvalue weighted by Gasteiger charge is 2.30. The molecule has 12 heteroatoms. The first kappa shape index (κ1) is 19.6. The molecule has 5 rings (SSSR count). The molecule has 160 valence electrons. The molecule has 1 saturated heterocycles. The lowest BCUT2D eigenvalue weighted by Gasteiger charge is -2.22. The molecule has 0 atom stereocenters. The molecule has 1 aliphatic heterocycles. The van der Waals surface area contributed by atoms with Gasteiger partial charge in [-0.2, -0.15) is 8.82 Å². The molecule has 0 radical (unpaired) electrons. The second kappa shape index (κ2) is 7.71. The van der Waals surface area contributed by atoms with Gasteiger partial charge in [-0.25, -0.2) is 13.4 Å². The number of aryl methyl sites for hydroxylation is 1. The number of aromatic nitrogens is 7. The minimum Gasteiger partial charge on any atom is -0.354 e. The quantitative estimate of drug-likeness (QED) is 0.459. The highest BCUT2D eigenvalue weighted by atomic mass is 32.2. The summed E-state index contributed by atoms with van der Waals surface area (Å²) in [4.78, 5) is 10.2. The summed E-state index contributed by atoms with van der Waals surface area (Å²) >= 11 is 0. The fraction of sp³-hybridized carbons (Fsp3) is 0.316. The fourth-order valence-electron chi connectivity index (χ4n) is 3.71. The normalized spacial score (nSPS) is 16.0. The van der Waals surface area contributed by atoms with E-state index in [4.69, 9.17) is 5.10 Å². The third kappa shape index (κ3) is 3.53. The monoisotopic (exact) mass is 439 g/mol. The molecule has 31 heavy (non-hydrogen) atoms. The third-order valence-corrected chi connectivity index (χ3v) is 7.21. The summed E-state index contributed by atoms with van der Waals surface area (Å²) in [6, 6.07) is 7.48. The average molecular weight is 440 g/mol. The molecule has 11 nitrogen and oxygen atoms in total. The van der Waals surface area contributed by atoms with Gasteiger partial charge >= 0.3 is 0 Å². The first-order chi connectivity index (χ1) is 15.0. The summed E-state index contributed by atoms with van der Waals surface area (Å²) in [6.07, 6.45) is 7.21. The maximum absolute atomic E-state index is 13.0. The van der Waals surface area contributed by atoms with E-state index < -0.39 is 10.0 Å². The van der Waals surface area contributed by atoms with Crippen LogP contribution in [0.25, 0.3) is 17.0 Å². The Morgan fingerprint density at radius 1 is 0.935 bits per heavy atom. The number of nitrogens with zero attached hydrogens (tertiary/aromatic N) is 9. The molecular formula is C19H21N9O2S. The second-order valence-corrected chi connectivity index (χ2v) is 9.12. The summed E-state index contributed by atoms with van der Waals surface area (Å²) in [7, 11) is -1.96. The number of imidazole rings is 1. The van der Waals surface area contributed by atoms with Crippen molar-refractivity contribution in [2.75, 3.05) is 31.1 Å². The van der Waals surface area contributed by atoms with Gasteiger partial charge in [-0.05, 0) is 30.7 Å². The Morgan fingerprint density at radius 2 is 1.77 bits per heavy atom. The van der Waals surface area contributed by atoms with E-state index in [1.54, 1.807) is 30.2 Å². The van der Waals surface area contributed by atoms with E-state index in [-0.39, 0.29) is 5.16 Å². The van der Waals surface area contributed by atoms with Crippen molar-refractivity contribution in [3.05, 3.63) is 49.1 Å². The predicted molar refractivity (Wildman–Crippen MR) is 113 cm³/mol. The highest BCUT2D eigenvalue weighted by molar-refractivity contribution is 7.89. The number of hydrogen-bond acceptors (Lipinski definition) is 8. The molecule has 0 amide bonds. The van der Waals surface area contributed by atoms with Crippen LogP contribution in [0.15, 0.2) is 54.2 Å². The minimum atomic E-state index is -3.64. The van der Waals surface area contributed by atoms with Crippen LogP contribution >= 0.6 is 0 Å². The summed E-state index contributed by atoms with van der Waals surface area (Å²) in [5, 5.41) is 13.3. The molecule has 0 spiro atoms. The van der Waals surface area contributed by atoms with Crippen LogP contribution in [0.3, 0.4) is 0 Å². The van der Waals surface area contributed by atoms with Gasteiger partial charge in [0.05, 0.1) is 0 Å². The lowest BCUT2D eigenvalue weighted by Crippen LogP contribution is -2.36. The Hall–Kier alpha value is -3.38. The minimum absolute atomic E-state index is 0.0620. The Balaban J connectivity index is 1.41. The van der Waals surface area contributed by atoms with Gasteiger partial charge in [0, 0.05) is 63.6 Å². The van der Waals surface area contributed by atoms with E-state index in [0.29, 0.717) is 44.1 Å². The molecule has 0 unspecified atom stereocenters. The number of pyridine rings is 1. The Morgan fingerprint density at radius 3 is 2.55 bits per heavy atom. The fourth-order valence-corrected chi connectivity index (χ4v) is 5.25. The van der Waals surface area contributed by atoms with Gasteiger partial charge in [0.25, 0.3) is 10.0 Å². The SMILES string of the molecule is Cn1ccnc1S(=O)(=O)N1CCCN(c2ccc3nnc(-c4ccncc4)n3n2)CC1. The maximum atomic E-state index is 13.0. The molecule has 0 aromatic carbocycles. The molecule has 1 aliphatic rings. The molecule has 5 heterocycles. The summed E-state index contributed by atoms with van der Waals surface area (Å²) in [5.74, 6) is 1.38. The Labute approximate surface area is 179 Å². The molecule has 4 aromatic rings. The lowest BCUT2D eigenvalue weighted by atomic mass is 10.2. The van der Waals surface area contributed by atoms with Crippen molar-refractivity contribution in [1.29, 1.82) is 0 Å². The maximum Gasteiger partial charge on any atom is 0.277 e. The zero-order chi connectivity index (χ0) is 21.4. The van der Waals surface area contributed by atoms with Gasteiger partial charge in [-0.1, -0.05) is 0 Å². The van der Waals surface area contributed by atoms with Gasteiger partial charge in [-0.15, -0.1) is 15.3 Å². The molecule has 4 aromatic heterocycles. The van der Waals surface area contributed by atoms with Crippen LogP contribution in [0, 0.1) is 0 Å². The van der Waals surface area contributed by atoms with Gasteiger partial charge in [-0.3, -0.25) is 4.98 Å². The summed E-state index contributed by atoms with van der Waals surface area (Å²) < 4.78 is 30.7. The van der Waals surface area contributed by atoms with Crippen LogP contribution in [-0.2, 0) is 17.1 Å². The largest absolute Gasteiger partial charge is 0.354 e. The summed E-state index contributed by atoms with van der Waals surface area (Å²) in [6.45, 7) is 2.00. The third-order valence-electron chi connectivity index (χ3n) is 5.31. The molecule has 0 N–H and O–H groups in total. The average Bonchev–Trinajstić information content (AvgIpc) is 3.32. The van der Waals surface area contributed by atoms with E-state index in [1.807, 2.05) is 24.3 Å². The van der Waals surface area contributed by atoms with E-state index >= 15 is 0 Å². The molecule has 0 saturated carbocycles. The number of sulfonamides is 1. The van der Waals surface area contributed by atoms with E-state index in [0.717, 1.165) is 11.4 Å². The standard InChI is InChI=1S/C19H21N9O2S/c1-25-12-9-21-19(25)31(29,30)27-11-2-10-26(13-14-27)17-4-3-16-22-23-18(28(16)24-17)15-5-7-20-8-6-15/h3-9,12H,2,10-11,13-14H2,1H3. The molecule has 0 bridgehead atoms. The van der Waals surface area contributed by atoms with Crippen molar-refractivity contribution >= 4 is 21.5 Å². The van der Waals surface area contributed by atoms with Gasteiger partial charge in [0.15, 0.2) is 11.5 Å². The smallest absolute Gasteiger partial charge is 0.277 e. The zero-order valence-electron chi connectivity index (χ0n) is 16.9. The van der Waals surface area contributed by atoms with E-state index in [2.05, 4.69) is 25.1 Å². The van der Waals surface area contributed by atoms with Crippen molar-refractivity contribution in [2.45, 2.75) is 11.6 Å².